The van der Waals surface area contributed by atoms with Gasteiger partial charge in [0, 0.05) is 37.1 Å². The largest absolute Gasteiger partial charge is 0.326 e. The number of fused-ring (bicyclic) bond motifs is 1. The molecule has 3 aromatic rings. The fraction of sp³-hybridized carbons (Fsp3) is 0.273. The molecule has 0 aliphatic rings. The van der Waals surface area contributed by atoms with Gasteiger partial charge < -0.3 is 4.98 Å². The normalized spacial score (nSPS) is 11.2. The quantitative estimate of drug-likeness (QED) is 0.713. The maximum absolute atomic E-state index is 11.8. The van der Waals surface area contributed by atoms with Crippen LogP contribution in [0.3, 0.4) is 0 Å². The first-order valence-electron chi connectivity index (χ1n) is 5.64. The SMILES string of the molecule is CCn1nnc2c(-c3cnn(C)c3)c[nH]c(=O)c21. The number of H-pyrrole nitrogens is 1. The second kappa shape index (κ2) is 3.80. The number of rotatable bonds is 2. The second-order valence-corrected chi connectivity index (χ2v) is 4.04. The monoisotopic (exact) mass is 244 g/mol. The molecule has 0 saturated heterocycles. The van der Waals surface area contributed by atoms with E-state index in [4.69, 9.17) is 0 Å². The lowest BCUT2D eigenvalue weighted by Crippen LogP contribution is -2.11. The average molecular weight is 244 g/mol. The summed E-state index contributed by atoms with van der Waals surface area (Å²) in [6.07, 6.45) is 5.26. The van der Waals surface area contributed by atoms with Crippen LogP contribution in [0.5, 0.6) is 0 Å². The third-order valence-corrected chi connectivity index (χ3v) is 2.87. The molecule has 0 aliphatic heterocycles. The van der Waals surface area contributed by atoms with Crippen LogP contribution in [-0.4, -0.2) is 29.8 Å². The summed E-state index contributed by atoms with van der Waals surface area (Å²) in [7, 11) is 1.84. The summed E-state index contributed by atoms with van der Waals surface area (Å²) < 4.78 is 3.30. The molecule has 92 valence electrons. The van der Waals surface area contributed by atoms with Crippen LogP contribution in [0.1, 0.15) is 6.92 Å². The summed E-state index contributed by atoms with van der Waals surface area (Å²) in [5.41, 5.74) is 2.66. The number of hydrogen-bond donors (Lipinski definition) is 1. The third kappa shape index (κ3) is 1.44. The minimum atomic E-state index is -0.176. The van der Waals surface area contributed by atoms with E-state index in [1.165, 1.54) is 0 Å². The Balaban J connectivity index is 2.35. The Bertz CT molecular complexity index is 765. The highest BCUT2D eigenvalue weighted by Crippen LogP contribution is 2.23. The van der Waals surface area contributed by atoms with Crippen LogP contribution in [0.2, 0.25) is 0 Å². The van der Waals surface area contributed by atoms with E-state index >= 15 is 0 Å². The Hall–Kier alpha value is -2.44. The van der Waals surface area contributed by atoms with Crippen molar-refractivity contribution in [2.75, 3.05) is 0 Å². The lowest BCUT2D eigenvalue weighted by Gasteiger charge is -1.99. The number of aryl methyl sites for hydroxylation is 2. The van der Waals surface area contributed by atoms with Crippen molar-refractivity contribution in [3.63, 3.8) is 0 Å². The fourth-order valence-corrected chi connectivity index (χ4v) is 2.00. The zero-order valence-corrected chi connectivity index (χ0v) is 10.1. The third-order valence-electron chi connectivity index (χ3n) is 2.87. The standard InChI is InChI=1S/C11H12N6O/c1-3-17-10-9(14-15-17)8(5-12-11(10)18)7-4-13-16(2)6-7/h4-6H,3H2,1-2H3,(H,12,18). The minimum Gasteiger partial charge on any atom is -0.326 e. The van der Waals surface area contributed by atoms with Gasteiger partial charge >= 0.3 is 0 Å². The highest BCUT2D eigenvalue weighted by molar-refractivity contribution is 5.90. The molecule has 0 aliphatic carbocycles. The highest BCUT2D eigenvalue weighted by atomic mass is 16.1. The van der Waals surface area contributed by atoms with Crippen molar-refractivity contribution in [3.8, 4) is 11.1 Å². The van der Waals surface area contributed by atoms with E-state index in [1.54, 1.807) is 21.8 Å². The zero-order chi connectivity index (χ0) is 12.7. The van der Waals surface area contributed by atoms with Crippen LogP contribution in [0.15, 0.2) is 23.4 Å². The van der Waals surface area contributed by atoms with E-state index < -0.39 is 0 Å². The summed E-state index contributed by atoms with van der Waals surface area (Å²) in [6.45, 7) is 2.53. The van der Waals surface area contributed by atoms with Gasteiger partial charge in [-0.25, -0.2) is 4.68 Å². The first-order chi connectivity index (χ1) is 8.70. The summed E-state index contributed by atoms with van der Waals surface area (Å²) >= 11 is 0. The van der Waals surface area contributed by atoms with Gasteiger partial charge in [0.1, 0.15) is 5.52 Å². The molecule has 0 radical (unpaired) electrons. The highest BCUT2D eigenvalue weighted by Gasteiger charge is 2.14. The smallest absolute Gasteiger partial charge is 0.275 e. The van der Waals surface area contributed by atoms with Gasteiger partial charge in [-0.15, -0.1) is 5.10 Å². The number of pyridine rings is 1. The molecule has 0 fully saturated rings. The first-order valence-corrected chi connectivity index (χ1v) is 5.64. The molecule has 1 N–H and O–H groups in total. The van der Waals surface area contributed by atoms with Crippen LogP contribution < -0.4 is 5.56 Å². The van der Waals surface area contributed by atoms with Crippen molar-refractivity contribution in [1.29, 1.82) is 0 Å². The predicted octanol–water partition coefficient (Wildman–Crippen LogP) is 0.540. The van der Waals surface area contributed by atoms with E-state index in [0.717, 1.165) is 11.1 Å². The lowest BCUT2D eigenvalue weighted by molar-refractivity contribution is 0.644. The molecule has 7 nitrogen and oxygen atoms in total. The van der Waals surface area contributed by atoms with E-state index in [1.807, 2.05) is 20.2 Å². The summed E-state index contributed by atoms with van der Waals surface area (Å²) in [5.74, 6) is 0. The maximum Gasteiger partial charge on any atom is 0.275 e. The minimum absolute atomic E-state index is 0.176. The van der Waals surface area contributed by atoms with Crippen molar-refractivity contribution in [3.05, 3.63) is 28.9 Å². The van der Waals surface area contributed by atoms with Gasteiger partial charge in [-0.2, -0.15) is 5.10 Å². The number of nitrogens with zero attached hydrogens (tertiary/aromatic N) is 5. The van der Waals surface area contributed by atoms with Crippen molar-refractivity contribution in [1.82, 2.24) is 29.8 Å². The maximum atomic E-state index is 11.8. The summed E-state index contributed by atoms with van der Waals surface area (Å²) in [4.78, 5) is 14.5. The van der Waals surface area contributed by atoms with Crippen molar-refractivity contribution < 1.29 is 0 Å². The summed E-state index contributed by atoms with van der Waals surface area (Å²) in [5, 5.41) is 12.2. The van der Waals surface area contributed by atoms with Crippen LogP contribution in [0.25, 0.3) is 22.2 Å². The van der Waals surface area contributed by atoms with Crippen molar-refractivity contribution in [2.45, 2.75) is 13.5 Å². The lowest BCUT2D eigenvalue weighted by atomic mass is 10.1. The van der Waals surface area contributed by atoms with Gasteiger partial charge in [0.2, 0.25) is 0 Å². The van der Waals surface area contributed by atoms with E-state index in [9.17, 15) is 4.79 Å². The number of aromatic nitrogens is 6. The Labute approximate surface area is 102 Å². The summed E-state index contributed by atoms with van der Waals surface area (Å²) in [6, 6.07) is 0. The van der Waals surface area contributed by atoms with Gasteiger partial charge in [-0.3, -0.25) is 9.48 Å². The van der Waals surface area contributed by atoms with E-state index in [2.05, 4.69) is 20.4 Å². The molecule has 18 heavy (non-hydrogen) atoms. The molecule has 0 amide bonds. The first kappa shape index (κ1) is 10.7. The molecule has 3 aromatic heterocycles. The molecule has 7 heteroatoms. The molecule has 0 aromatic carbocycles. The van der Waals surface area contributed by atoms with E-state index in [0.29, 0.717) is 17.6 Å². The van der Waals surface area contributed by atoms with Gasteiger partial charge in [0.25, 0.3) is 5.56 Å². The van der Waals surface area contributed by atoms with E-state index in [-0.39, 0.29) is 5.56 Å². The Morgan fingerprint density at radius 1 is 1.44 bits per heavy atom. The van der Waals surface area contributed by atoms with Crippen LogP contribution in [0, 0.1) is 0 Å². The molecule has 3 heterocycles. The fourth-order valence-electron chi connectivity index (χ4n) is 2.00. The molecular formula is C11H12N6O. The molecule has 0 saturated carbocycles. The molecule has 3 rings (SSSR count). The Morgan fingerprint density at radius 3 is 2.94 bits per heavy atom. The van der Waals surface area contributed by atoms with Gasteiger partial charge in [-0.05, 0) is 6.92 Å². The Morgan fingerprint density at radius 2 is 2.28 bits per heavy atom. The van der Waals surface area contributed by atoms with Crippen molar-refractivity contribution in [2.24, 2.45) is 7.05 Å². The van der Waals surface area contributed by atoms with Crippen LogP contribution in [0.4, 0.5) is 0 Å². The van der Waals surface area contributed by atoms with Crippen molar-refractivity contribution >= 4 is 11.0 Å². The van der Waals surface area contributed by atoms with Crippen LogP contribution in [-0.2, 0) is 13.6 Å². The second-order valence-electron chi connectivity index (χ2n) is 4.04. The predicted molar refractivity (Wildman–Crippen MR) is 66.0 cm³/mol. The van der Waals surface area contributed by atoms with Gasteiger partial charge in [0.15, 0.2) is 5.52 Å². The zero-order valence-electron chi connectivity index (χ0n) is 10.1. The molecular weight excluding hydrogens is 232 g/mol. The number of aromatic amines is 1. The molecule has 0 spiro atoms. The Kier molecular flexibility index (Phi) is 2.26. The topological polar surface area (TPSA) is 81.4 Å². The van der Waals surface area contributed by atoms with Gasteiger partial charge in [0.05, 0.1) is 6.20 Å². The number of nitrogens with one attached hydrogen (secondary N) is 1. The number of hydrogen-bond acceptors (Lipinski definition) is 4. The average Bonchev–Trinajstić information content (AvgIpc) is 2.96. The molecule has 0 unspecified atom stereocenters. The molecule has 0 bridgehead atoms. The van der Waals surface area contributed by atoms with Crippen LogP contribution >= 0.6 is 0 Å². The van der Waals surface area contributed by atoms with Gasteiger partial charge in [-0.1, -0.05) is 5.21 Å². The molecule has 0 atom stereocenters.